The lowest BCUT2D eigenvalue weighted by Crippen LogP contribution is -3.00. The van der Waals surface area contributed by atoms with Gasteiger partial charge in [-0.1, -0.05) is 43.7 Å². The minimum absolute atomic E-state index is 0. The molecule has 0 fully saturated rings. The van der Waals surface area contributed by atoms with Gasteiger partial charge in [0.2, 0.25) is 0 Å². The number of ketones is 1. The minimum Gasteiger partial charge on any atom is -1.00 e. The van der Waals surface area contributed by atoms with E-state index < -0.39 is 0 Å². The number of Topliss-reactive ketones (excluding diaryl/α,β-unsaturated/α-hetero) is 1. The number of benzene rings is 2. The molecule has 27 heavy (non-hydrogen) atoms. The number of rotatable bonds is 7. The molecule has 3 rings (SSSR count). The summed E-state index contributed by atoms with van der Waals surface area (Å²) in [4.78, 5) is 25.3. The van der Waals surface area contributed by atoms with E-state index in [-0.39, 0.29) is 28.3 Å². The van der Waals surface area contributed by atoms with Crippen LogP contribution in [0.1, 0.15) is 26.2 Å². The van der Waals surface area contributed by atoms with Gasteiger partial charge in [-0.3, -0.25) is 4.79 Å². The molecule has 0 saturated carbocycles. The van der Waals surface area contributed by atoms with Crippen LogP contribution < -0.4 is 27.1 Å². The van der Waals surface area contributed by atoms with Crippen molar-refractivity contribution in [2.75, 3.05) is 5.75 Å². The van der Waals surface area contributed by atoms with Crippen molar-refractivity contribution in [3.8, 4) is 5.69 Å². The van der Waals surface area contributed by atoms with E-state index >= 15 is 0 Å². The summed E-state index contributed by atoms with van der Waals surface area (Å²) in [5, 5.41) is 1.44. The van der Waals surface area contributed by atoms with Crippen molar-refractivity contribution >= 4 is 28.4 Å². The van der Waals surface area contributed by atoms with Crippen molar-refractivity contribution in [2.45, 2.75) is 31.3 Å². The second-order valence-corrected chi connectivity index (χ2v) is 7.21. The van der Waals surface area contributed by atoms with Crippen LogP contribution in [0, 0.1) is 0 Å². The predicted octanol–water partition coefficient (Wildman–Crippen LogP) is 0.671. The molecule has 0 atom stereocenters. The third kappa shape index (κ3) is 4.68. The average Bonchev–Trinajstić information content (AvgIpc) is 2.68. The number of hydrogen-bond acceptors (Lipinski definition) is 3. The van der Waals surface area contributed by atoms with Crippen molar-refractivity contribution in [3.63, 3.8) is 0 Å². The van der Waals surface area contributed by atoms with Crippen molar-refractivity contribution in [1.29, 1.82) is 0 Å². The number of hydrogen-bond donors (Lipinski definition) is 0. The number of unbranched alkanes of at least 4 members (excludes halogenated alkanes) is 1. The molecule has 0 radical (unpaired) electrons. The first kappa shape index (κ1) is 21.4. The van der Waals surface area contributed by atoms with Crippen LogP contribution in [-0.4, -0.2) is 16.1 Å². The summed E-state index contributed by atoms with van der Waals surface area (Å²) < 4.78 is 3.71. The highest BCUT2D eigenvalue weighted by atomic mass is 79.9. The van der Waals surface area contributed by atoms with Crippen LogP contribution in [0.4, 0.5) is 0 Å². The molecular formula is C21H23BrN2O2S. The molecule has 0 N–H and O–H groups in total. The largest absolute Gasteiger partial charge is 1.00 e. The first-order valence-corrected chi connectivity index (χ1v) is 9.85. The number of para-hydroxylation sites is 2. The monoisotopic (exact) mass is 446 g/mol. The zero-order valence-corrected chi connectivity index (χ0v) is 17.9. The van der Waals surface area contributed by atoms with Crippen molar-refractivity contribution in [3.05, 3.63) is 65.0 Å². The molecule has 0 bridgehead atoms. The highest BCUT2D eigenvalue weighted by Gasteiger charge is 2.24. The van der Waals surface area contributed by atoms with E-state index in [1.807, 2.05) is 66.2 Å². The SMILES string of the molecule is CCCCC(=O)CSc1n(-c2ccccc2)c(=O)c2ccccc2[n+]1C.[Br-]. The summed E-state index contributed by atoms with van der Waals surface area (Å²) in [7, 11) is 1.94. The summed E-state index contributed by atoms with van der Waals surface area (Å²) in [6.45, 7) is 2.08. The summed E-state index contributed by atoms with van der Waals surface area (Å²) >= 11 is 1.43. The fourth-order valence-electron chi connectivity index (χ4n) is 2.96. The van der Waals surface area contributed by atoms with Gasteiger partial charge in [-0.2, -0.15) is 4.57 Å². The first-order chi connectivity index (χ1) is 12.6. The Kier molecular flexibility index (Phi) is 7.80. The van der Waals surface area contributed by atoms with Crippen molar-refractivity contribution < 1.29 is 26.3 Å². The molecule has 0 aliphatic rings. The molecule has 4 nitrogen and oxygen atoms in total. The predicted molar refractivity (Wildman–Crippen MR) is 106 cm³/mol. The third-order valence-corrected chi connectivity index (χ3v) is 5.54. The highest BCUT2D eigenvalue weighted by Crippen LogP contribution is 2.20. The van der Waals surface area contributed by atoms with E-state index in [1.54, 1.807) is 4.57 Å². The molecule has 2 aromatic carbocycles. The molecule has 1 heterocycles. The van der Waals surface area contributed by atoms with Crippen LogP contribution in [-0.2, 0) is 11.8 Å². The number of halogens is 1. The van der Waals surface area contributed by atoms with Gasteiger partial charge in [0, 0.05) is 6.42 Å². The Balaban J connectivity index is 0.00000261. The van der Waals surface area contributed by atoms with Crippen LogP contribution in [0.2, 0.25) is 0 Å². The van der Waals surface area contributed by atoms with E-state index in [1.165, 1.54) is 11.8 Å². The van der Waals surface area contributed by atoms with Crippen LogP contribution in [0.3, 0.4) is 0 Å². The fraction of sp³-hybridized carbons (Fsp3) is 0.286. The van der Waals surface area contributed by atoms with Crippen LogP contribution in [0.15, 0.2) is 64.5 Å². The van der Waals surface area contributed by atoms with Gasteiger partial charge < -0.3 is 17.0 Å². The molecule has 6 heteroatoms. The molecule has 0 amide bonds. The number of aryl methyl sites for hydroxylation is 1. The maximum absolute atomic E-state index is 13.2. The zero-order chi connectivity index (χ0) is 18.5. The summed E-state index contributed by atoms with van der Waals surface area (Å²) in [5.74, 6) is 0.593. The molecule has 1 aromatic heterocycles. The van der Waals surface area contributed by atoms with E-state index in [4.69, 9.17) is 0 Å². The van der Waals surface area contributed by atoms with Crippen LogP contribution >= 0.6 is 11.8 Å². The van der Waals surface area contributed by atoms with Gasteiger partial charge in [-0.05, 0) is 42.4 Å². The Hall–Kier alpha value is -1.92. The summed E-state index contributed by atoms with van der Waals surface area (Å²) in [6, 6.07) is 17.2. The lowest BCUT2D eigenvalue weighted by molar-refractivity contribution is -0.689. The van der Waals surface area contributed by atoms with Crippen molar-refractivity contribution in [2.24, 2.45) is 7.05 Å². The van der Waals surface area contributed by atoms with E-state index in [0.29, 0.717) is 17.6 Å². The zero-order valence-electron chi connectivity index (χ0n) is 15.5. The van der Waals surface area contributed by atoms with E-state index in [0.717, 1.165) is 29.2 Å². The Morgan fingerprint density at radius 3 is 2.44 bits per heavy atom. The first-order valence-electron chi connectivity index (χ1n) is 8.87. The number of thioether (sulfide) groups is 1. The second kappa shape index (κ2) is 9.85. The molecule has 3 aromatic rings. The number of carbonyl (C=O) groups is 1. The van der Waals surface area contributed by atoms with Crippen molar-refractivity contribution in [1.82, 2.24) is 4.57 Å². The number of aromatic nitrogens is 2. The Morgan fingerprint density at radius 2 is 1.74 bits per heavy atom. The maximum Gasteiger partial charge on any atom is 0.351 e. The Labute approximate surface area is 174 Å². The topological polar surface area (TPSA) is 43.0 Å². The molecule has 0 aliphatic heterocycles. The highest BCUT2D eigenvalue weighted by molar-refractivity contribution is 7.99. The number of fused-ring (bicyclic) bond motifs is 1. The Morgan fingerprint density at radius 1 is 1.07 bits per heavy atom. The van der Waals surface area contributed by atoms with E-state index in [2.05, 4.69) is 6.92 Å². The smallest absolute Gasteiger partial charge is 0.351 e. The third-order valence-electron chi connectivity index (χ3n) is 4.36. The summed E-state index contributed by atoms with van der Waals surface area (Å²) in [6.07, 6.45) is 2.51. The van der Waals surface area contributed by atoms with Gasteiger partial charge in [0.05, 0.1) is 12.8 Å². The molecular weight excluding hydrogens is 424 g/mol. The molecule has 0 saturated heterocycles. The average molecular weight is 447 g/mol. The quantitative estimate of drug-likeness (QED) is 0.304. The van der Waals surface area contributed by atoms with Gasteiger partial charge in [0.15, 0.2) is 0 Å². The molecule has 0 unspecified atom stereocenters. The molecule has 0 spiro atoms. The van der Waals surface area contributed by atoms with E-state index in [9.17, 15) is 9.59 Å². The number of carbonyl (C=O) groups excluding carboxylic acids is 1. The van der Waals surface area contributed by atoms with Gasteiger partial charge in [-0.25, -0.2) is 9.36 Å². The number of nitrogens with zero attached hydrogens (tertiary/aromatic N) is 2. The lowest BCUT2D eigenvalue weighted by Gasteiger charge is -2.10. The standard InChI is InChI=1S/C21H23N2O2S.BrH/c1-3-4-12-17(24)15-26-21-22(2)19-14-9-8-13-18(19)20(25)23(21)16-10-6-5-7-11-16;/h5-11,13-14H,3-4,12,15H2,1-2H3;1H/q+1;/p-1. The van der Waals surface area contributed by atoms with Gasteiger partial charge in [0.1, 0.15) is 22.4 Å². The lowest BCUT2D eigenvalue weighted by atomic mass is 10.2. The van der Waals surface area contributed by atoms with Crippen LogP contribution in [0.25, 0.3) is 16.6 Å². The van der Waals surface area contributed by atoms with Crippen LogP contribution in [0.5, 0.6) is 0 Å². The maximum atomic E-state index is 13.2. The van der Waals surface area contributed by atoms with Gasteiger partial charge in [0.25, 0.3) is 0 Å². The van der Waals surface area contributed by atoms with Gasteiger partial charge in [-0.15, -0.1) is 0 Å². The minimum atomic E-state index is -0.0617. The second-order valence-electron chi connectivity index (χ2n) is 6.27. The normalized spacial score (nSPS) is 10.6. The van der Waals surface area contributed by atoms with Gasteiger partial charge >= 0.3 is 10.7 Å². The fourth-order valence-corrected chi connectivity index (χ4v) is 4.01. The molecule has 142 valence electrons. The molecule has 0 aliphatic carbocycles. The Bertz CT molecular complexity index is 987. The summed E-state index contributed by atoms with van der Waals surface area (Å²) in [5.41, 5.74) is 1.61.